The van der Waals surface area contributed by atoms with Gasteiger partial charge in [0.1, 0.15) is 0 Å². The van der Waals surface area contributed by atoms with Gasteiger partial charge in [0.25, 0.3) is 0 Å². The molecule has 1 atom stereocenters. The number of carbonyl (C=O) groups is 1. The predicted molar refractivity (Wildman–Crippen MR) is 66.1 cm³/mol. The number of carbonyl (C=O) groups excluding carboxylic acids is 1. The van der Waals surface area contributed by atoms with Gasteiger partial charge in [0.2, 0.25) is 5.91 Å². The summed E-state index contributed by atoms with van der Waals surface area (Å²) in [5.41, 5.74) is 9.00. The minimum absolute atomic E-state index is 0.0101. The van der Waals surface area contributed by atoms with Crippen molar-refractivity contribution in [2.75, 3.05) is 6.54 Å². The van der Waals surface area contributed by atoms with Crippen molar-refractivity contribution in [3.8, 4) is 0 Å². The summed E-state index contributed by atoms with van der Waals surface area (Å²) in [6, 6.07) is 6.19. The molecule has 0 bridgehead atoms. The Hall–Kier alpha value is -1.35. The van der Waals surface area contributed by atoms with E-state index >= 15 is 0 Å². The number of hydrogen-bond acceptors (Lipinski definition) is 2. The van der Waals surface area contributed by atoms with Gasteiger partial charge < -0.3 is 11.1 Å². The largest absolute Gasteiger partial charge is 0.350 e. The van der Waals surface area contributed by atoms with E-state index in [9.17, 15) is 4.79 Å². The molecular formula is C13H20N2O. The summed E-state index contributed by atoms with van der Waals surface area (Å²) in [5, 5.41) is 2.95. The molecule has 0 aliphatic carbocycles. The zero-order chi connectivity index (χ0) is 12.1. The lowest BCUT2D eigenvalue weighted by Crippen LogP contribution is -2.28. The summed E-state index contributed by atoms with van der Waals surface area (Å²) in [6.45, 7) is 6.55. The fourth-order valence-corrected chi connectivity index (χ4v) is 1.77. The highest BCUT2D eigenvalue weighted by Gasteiger charge is 2.11. The fourth-order valence-electron chi connectivity index (χ4n) is 1.77. The summed E-state index contributed by atoms with van der Waals surface area (Å²) in [4.78, 5) is 11.4. The van der Waals surface area contributed by atoms with Crippen LogP contribution in [0.5, 0.6) is 0 Å². The van der Waals surface area contributed by atoms with Crippen LogP contribution in [0.25, 0.3) is 0 Å². The molecule has 0 radical (unpaired) electrons. The SMILES string of the molecule is Cc1cccc(C(C)NC(=O)CCN)c1C. The first-order valence-electron chi connectivity index (χ1n) is 5.61. The van der Waals surface area contributed by atoms with Crippen molar-refractivity contribution >= 4 is 5.91 Å². The molecular weight excluding hydrogens is 200 g/mol. The lowest BCUT2D eigenvalue weighted by molar-refractivity contribution is -0.121. The molecule has 0 fully saturated rings. The molecule has 0 aliphatic rings. The standard InChI is InChI=1S/C13H20N2O/c1-9-5-4-6-12(10(9)2)11(3)15-13(16)7-8-14/h4-6,11H,7-8,14H2,1-3H3,(H,15,16). The van der Waals surface area contributed by atoms with E-state index < -0.39 is 0 Å². The molecule has 1 aromatic carbocycles. The van der Waals surface area contributed by atoms with Crippen LogP contribution in [0.1, 0.15) is 36.1 Å². The summed E-state index contributed by atoms with van der Waals surface area (Å²) >= 11 is 0. The van der Waals surface area contributed by atoms with Crippen LogP contribution in [0, 0.1) is 13.8 Å². The Bertz CT molecular complexity index is 374. The topological polar surface area (TPSA) is 55.1 Å². The quantitative estimate of drug-likeness (QED) is 0.813. The summed E-state index contributed by atoms with van der Waals surface area (Å²) < 4.78 is 0. The summed E-state index contributed by atoms with van der Waals surface area (Å²) in [7, 11) is 0. The second-order valence-electron chi connectivity index (χ2n) is 4.12. The maximum atomic E-state index is 11.4. The second-order valence-corrected chi connectivity index (χ2v) is 4.12. The van der Waals surface area contributed by atoms with Crippen LogP contribution in [0.4, 0.5) is 0 Å². The van der Waals surface area contributed by atoms with E-state index in [0.29, 0.717) is 13.0 Å². The molecule has 16 heavy (non-hydrogen) atoms. The maximum Gasteiger partial charge on any atom is 0.221 e. The van der Waals surface area contributed by atoms with E-state index in [2.05, 4.69) is 31.3 Å². The molecule has 1 aromatic rings. The van der Waals surface area contributed by atoms with Crippen LogP contribution in [-0.2, 0) is 4.79 Å². The first-order chi connectivity index (χ1) is 7.56. The Morgan fingerprint density at radius 1 is 1.44 bits per heavy atom. The predicted octanol–water partition coefficient (Wildman–Crippen LogP) is 1.83. The lowest BCUT2D eigenvalue weighted by Gasteiger charge is -2.17. The smallest absolute Gasteiger partial charge is 0.221 e. The van der Waals surface area contributed by atoms with Gasteiger partial charge in [-0.05, 0) is 37.5 Å². The van der Waals surface area contributed by atoms with Gasteiger partial charge in [-0.15, -0.1) is 0 Å². The fraction of sp³-hybridized carbons (Fsp3) is 0.462. The highest BCUT2D eigenvalue weighted by Crippen LogP contribution is 2.19. The first kappa shape index (κ1) is 12.7. The molecule has 0 aliphatic heterocycles. The van der Waals surface area contributed by atoms with Crippen molar-refractivity contribution in [3.63, 3.8) is 0 Å². The van der Waals surface area contributed by atoms with Gasteiger partial charge >= 0.3 is 0 Å². The third-order valence-electron chi connectivity index (χ3n) is 2.86. The summed E-state index contributed by atoms with van der Waals surface area (Å²) in [6.07, 6.45) is 0.384. The Morgan fingerprint density at radius 3 is 2.75 bits per heavy atom. The van der Waals surface area contributed by atoms with Crippen molar-refractivity contribution in [3.05, 3.63) is 34.9 Å². The average molecular weight is 220 g/mol. The van der Waals surface area contributed by atoms with Crippen molar-refractivity contribution < 1.29 is 4.79 Å². The van der Waals surface area contributed by atoms with Crippen LogP contribution in [0.3, 0.4) is 0 Å². The zero-order valence-electron chi connectivity index (χ0n) is 10.2. The Kier molecular flexibility index (Phi) is 4.50. The third-order valence-corrected chi connectivity index (χ3v) is 2.86. The molecule has 0 heterocycles. The van der Waals surface area contributed by atoms with Crippen LogP contribution in [0.15, 0.2) is 18.2 Å². The highest BCUT2D eigenvalue weighted by atomic mass is 16.1. The van der Waals surface area contributed by atoms with Crippen molar-refractivity contribution in [1.82, 2.24) is 5.32 Å². The van der Waals surface area contributed by atoms with Gasteiger partial charge in [-0.2, -0.15) is 0 Å². The number of aryl methyl sites for hydroxylation is 1. The van der Waals surface area contributed by atoms with Crippen LogP contribution < -0.4 is 11.1 Å². The number of nitrogens with one attached hydrogen (secondary N) is 1. The molecule has 3 heteroatoms. The van der Waals surface area contributed by atoms with Gasteiger partial charge in [-0.1, -0.05) is 18.2 Å². The van der Waals surface area contributed by atoms with E-state index in [0.717, 1.165) is 0 Å². The summed E-state index contributed by atoms with van der Waals surface area (Å²) in [5.74, 6) is 0.0101. The van der Waals surface area contributed by atoms with E-state index in [1.807, 2.05) is 13.0 Å². The zero-order valence-corrected chi connectivity index (χ0v) is 10.2. The van der Waals surface area contributed by atoms with E-state index in [1.54, 1.807) is 0 Å². The number of amides is 1. The maximum absolute atomic E-state index is 11.4. The second kappa shape index (κ2) is 5.66. The van der Waals surface area contributed by atoms with Crippen LogP contribution in [0.2, 0.25) is 0 Å². The molecule has 3 N–H and O–H groups in total. The van der Waals surface area contributed by atoms with E-state index in [1.165, 1.54) is 16.7 Å². The number of benzene rings is 1. The van der Waals surface area contributed by atoms with Gasteiger partial charge in [-0.3, -0.25) is 4.79 Å². The molecule has 1 amide bonds. The monoisotopic (exact) mass is 220 g/mol. The minimum atomic E-state index is 0.0101. The van der Waals surface area contributed by atoms with Crippen LogP contribution in [-0.4, -0.2) is 12.5 Å². The Balaban J connectivity index is 2.76. The minimum Gasteiger partial charge on any atom is -0.350 e. The Labute approximate surface area is 97.0 Å². The Morgan fingerprint density at radius 2 is 2.12 bits per heavy atom. The van der Waals surface area contributed by atoms with Gasteiger partial charge in [0.05, 0.1) is 6.04 Å². The highest BCUT2D eigenvalue weighted by molar-refractivity contribution is 5.76. The van der Waals surface area contributed by atoms with Gasteiger partial charge in [0.15, 0.2) is 0 Å². The number of rotatable bonds is 4. The lowest BCUT2D eigenvalue weighted by atomic mass is 9.98. The van der Waals surface area contributed by atoms with Crippen molar-refractivity contribution in [1.29, 1.82) is 0 Å². The molecule has 0 saturated carbocycles. The molecule has 0 spiro atoms. The van der Waals surface area contributed by atoms with Crippen molar-refractivity contribution in [2.45, 2.75) is 33.2 Å². The van der Waals surface area contributed by atoms with Crippen molar-refractivity contribution in [2.24, 2.45) is 5.73 Å². The van der Waals surface area contributed by atoms with Gasteiger partial charge in [-0.25, -0.2) is 0 Å². The van der Waals surface area contributed by atoms with Gasteiger partial charge in [0, 0.05) is 13.0 Å². The molecule has 1 unspecified atom stereocenters. The molecule has 1 rings (SSSR count). The molecule has 0 aromatic heterocycles. The number of nitrogens with two attached hydrogens (primary N) is 1. The van der Waals surface area contributed by atoms with Crippen LogP contribution >= 0.6 is 0 Å². The average Bonchev–Trinajstić information content (AvgIpc) is 2.22. The third kappa shape index (κ3) is 3.07. The molecule has 3 nitrogen and oxygen atoms in total. The molecule has 88 valence electrons. The normalized spacial score (nSPS) is 12.2. The van der Waals surface area contributed by atoms with E-state index in [4.69, 9.17) is 5.73 Å². The number of hydrogen-bond donors (Lipinski definition) is 2. The first-order valence-corrected chi connectivity index (χ1v) is 5.61. The van der Waals surface area contributed by atoms with E-state index in [-0.39, 0.29) is 11.9 Å². The molecule has 0 saturated heterocycles.